The van der Waals surface area contributed by atoms with Gasteiger partial charge in [0.25, 0.3) is 5.56 Å². The molecule has 1 saturated carbocycles. The van der Waals surface area contributed by atoms with Crippen molar-refractivity contribution >= 4 is 84.1 Å². The zero-order chi connectivity index (χ0) is 28.6. The highest BCUT2D eigenvalue weighted by molar-refractivity contribution is 8.01. The van der Waals surface area contributed by atoms with Gasteiger partial charge >= 0.3 is 0 Å². The summed E-state index contributed by atoms with van der Waals surface area (Å²) in [7, 11) is 0. The van der Waals surface area contributed by atoms with E-state index < -0.39 is 0 Å². The first-order valence-electron chi connectivity index (χ1n) is 13.9. The predicted molar refractivity (Wildman–Crippen MR) is 173 cm³/mol. The second-order valence-electron chi connectivity index (χ2n) is 10.4. The molecule has 2 aliphatic rings. The van der Waals surface area contributed by atoms with Crippen LogP contribution in [0.15, 0.2) is 62.8 Å². The van der Waals surface area contributed by atoms with Crippen molar-refractivity contribution in [1.82, 2.24) is 19.9 Å². The van der Waals surface area contributed by atoms with Gasteiger partial charge in [0.1, 0.15) is 4.83 Å². The van der Waals surface area contributed by atoms with Gasteiger partial charge in [0.05, 0.1) is 32.8 Å². The average Bonchev–Trinajstić information content (AvgIpc) is 3.58. The molecule has 3 heterocycles. The number of fused-ring (bicyclic) bond motifs is 4. The van der Waals surface area contributed by atoms with E-state index in [0.29, 0.717) is 22.6 Å². The Balaban J connectivity index is 1.07. The molecule has 0 radical (unpaired) electrons. The van der Waals surface area contributed by atoms with Crippen LogP contribution < -0.4 is 16.2 Å². The van der Waals surface area contributed by atoms with Crippen molar-refractivity contribution in [2.75, 3.05) is 16.8 Å². The van der Waals surface area contributed by atoms with Crippen LogP contribution in [-0.4, -0.2) is 43.9 Å². The van der Waals surface area contributed by atoms with Crippen molar-refractivity contribution in [3.8, 4) is 5.69 Å². The maximum Gasteiger partial charge on any atom is 0.267 e. The lowest BCUT2D eigenvalue weighted by Crippen LogP contribution is -2.26. The third-order valence-electron chi connectivity index (χ3n) is 7.23. The summed E-state index contributed by atoms with van der Waals surface area (Å²) in [4.78, 5) is 50.5. The van der Waals surface area contributed by atoms with Crippen molar-refractivity contribution in [2.45, 2.75) is 54.1 Å². The summed E-state index contributed by atoms with van der Waals surface area (Å²) >= 11 is 5.82. The number of para-hydroxylation sites is 1. The smallest absolute Gasteiger partial charge is 0.267 e. The summed E-state index contributed by atoms with van der Waals surface area (Å²) in [6.45, 7) is 0. The number of nitrogens with zero attached hydrogens (tertiary/aromatic N) is 3. The molecule has 7 rings (SSSR count). The van der Waals surface area contributed by atoms with Gasteiger partial charge in [0.2, 0.25) is 11.8 Å². The van der Waals surface area contributed by atoms with E-state index in [0.717, 1.165) is 74.5 Å². The Morgan fingerprint density at radius 2 is 1.76 bits per heavy atom. The van der Waals surface area contributed by atoms with Crippen LogP contribution in [0.3, 0.4) is 0 Å². The van der Waals surface area contributed by atoms with Crippen LogP contribution in [0.25, 0.3) is 26.1 Å². The number of aromatic nitrogens is 3. The topological polar surface area (TPSA) is 106 Å². The van der Waals surface area contributed by atoms with Gasteiger partial charge in [0.15, 0.2) is 9.50 Å². The van der Waals surface area contributed by atoms with E-state index in [4.69, 9.17) is 4.98 Å². The number of thiophene rings is 1. The van der Waals surface area contributed by atoms with Crippen molar-refractivity contribution in [3.05, 3.63) is 69.3 Å². The largest absolute Gasteiger partial charge is 0.353 e. The fraction of sp³-hybridized carbons (Fsp3) is 0.300. The van der Waals surface area contributed by atoms with Crippen LogP contribution in [0.5, 0.6) is 0 Å². The zero-order valence-corrected chi connectivity index (χ0v) is 25.8. The molecule has 0 saturated heterocycles. The Bertz CT molecular complexity index is 1880. The average molecular weight is 634 g/mol. The molecule has 3 aromatic heterocycles. The highest BCUT2D eigenvalue weighted by Gasteiger charge is 2.24. The molecule has 2 aromatic carbocycles. The van der Waals surface area contributed by atoms with E-state index in [-0.39, 0.29) is 23.1 Å². The number of aryl methyl sites for hydroxylation is 2. The Labute approximate surface area is 258 Å². The second-order valence-corrected chi connectivity index (χ2v) is 14.7. The van der Waals surface area contributed by atoms with Crippen LogP contribution in [0, 0.1) is 0 Å². The number of thioether (sulfide) groups is 2. The van der Waals surface area contributed by atoms with Gasteiger partial charge < -0.3 is 10.6 Å². The Morgan fingerprint density at radius 1 is 0.952 bits per heavy atom. The van der Waals surface area contributed by atoms with Crippen molar-refractivity contribution < 1.29 is 9.59 Å². The first-order chi connectivity index (χ1) is 20.5. The van der Waals surface area contributed by atoms with Gasteiger partial charge in [-0.3, -0.25) is 19.0 Å². The first kappa shape index (κ1) is 27.6. The summed E-state index contributed by atoms with van der Waals surface area (Å²) in [5.74, 6) is 0.305. The number of carbonyl (C=O) groups excluding carboxylic acids is 2. The number of hydrogen-bond donors (Lipinski definition) is 2. The van der Waals surface area contributed by atoms with E-state index in [2.05, 4.69) is 15.6 Å². The third-order valence-corrected chi connectivity index (χ3v) is 11.5. The normalized spacial score (nSPS) is 14.7. The maximum atomic E-state index is 13.9. The fourth-order valence-electron chi connectivity index (χ4n) is 5.08. The van der Waals surface area contributed by atoms with Crippen molar-refractivity contribution in [2.24, 2.45) is 0 Å². The van der Waals surface area contributed by atoms with Crippen LogP contribution >= 0.6 is 46.2 Å². The first-order valence-corrected chi connectivity index (χ1v) is 17.5. The fourth-order valence-corrected chi connectivity index (χ4v) is 9.12. The molecule has 0 unspecified atom stereocenters. The maximum absolute atomic E-state index is 13.9. The third kappa shape index (κ3) is 5.85. The molecule has 0 spiro atoms. The summed E-state index contributed by atoms with van der Waals surface area (Å²) in [6, 6.07) is 15.5. The number of rotatable bonds is 9. The molecule has 42 heavy (non-hydrogen) atoms. The monoisotopic (exact) mass is 633 g/mol. The molecular weight excluding hydrogens is 607 g/mol. The molecule has 2 amide bonds. The van der Waals surface area contributed by atoms with Crippen molar-refractivity contribution in [1.29, 1.82) is 0 Å². The van der Waals surface area contributed by atoms with Gasteiger partial charge in [0, 0.05) is 16.6 Å². The number of hydrogen-bond acceptors (Lipinski definition) is 9. The molecule has 0 bridgehead atoms. The summed E-state index contributed by atoms with van der Waals surface area (Å²) in [5.41, 5.74) is 3.34. The Hall–Kier alpha value is -3.19. The van der Waals surface area contributed by atoms with Gasteiger partial charge in [-0.05, 0) is 74.4 Å². The highest BCUT2D eigenvalue weighted by atomic mass is 32.2. The molecule has 214 valence electrons. The number of benzene rings is 2. The van der Waals surface area contributed by atoms with E-state index in [1.807, 2.05) is 48.5 Å². The SMILES string of the molecule is O=C(CSc1nc2sc3c(c2c(=O)n1-c1ccccc1)CCCC3)Nc1ccc2nc(SCC(=O)NC3CC3)sc2c1. The van der Waals surface area contributed by atoms with Crippen LogP contribution in [0.4, 0.5) is 5.69 Å². The van der Waals surface area contributed by atoms with E-state index in [9.17, 15) is 14.4 Å². The molecule has 0 atom stereocenters. The lowest BCUT2D eigenvalue weighted by atomic mass is 9.97. The molecular formula is C30H27N5O3S4. The standard InChI is InChI=1S/C30H27N5O3S4/c36-24(32-18-12-13-21-23(14-18)42-30(33-21)40-16-25(37)31-17-10-11-17)15-39-29-34-27-26(20-8-4-5-9-22(20)41-27)28(38)35(29)19-6-2-1-3-7-19/h1-3,6-7,12-14,17H,4-5,8-11,15-16H2,(H,31,37)(H,32,36). The molecule has 2 aliphatic carbocycles. The lowest BCUT2D eigenvalue weighted by Gasteiger charge is -2.13. The molecule has 1 fully saturated rings. The molecule has 2 N–H and O–H groups in total. The van der Waals surface area contributed by atoms with Gasteiger partial charge in [-0.1, -0.05) is 41.7 Å². The molecule has 12 heteroatoms. The quantitative estimate of drug-likeness (QED) is 0.151. The summed E-state index contributed by atoms with van der Waals surface area (Å²) < 4.78 is 3.41. The minimum absolute atomic E-state index is 0.0391. The van der Waals surface area contributed by atoms with E-state index >= 15 is 0 Å². The lowest BCUT2D eigenvalue weighted by molar-refractivity contribution is -0.118. The molecule has 0 aliphatic heterocycles. The molecule has 5 aromatic rings. The number of nitrogens with one attached hydrogen (secondary N) is 2. The van der Waals surface area contributed by atoms with Gasteiger partial charge in [-0.15, -0.1) is 22.7 Å². The van der Waals surface area contributed by atoms with Crippen LogP contribution in [0.1, 0.15) is 36.1 Å². The minimum Gasteiger partial charge on any atom is -0.353 e. The van der Waals surface area contributed by atoms with Gasteiger partial charge in [-0.25, -0.2) is 9.97 Å². The second kappa shape index (κ2) is 11.8. The van der Waals surface area contributed by atoms with E-state index in [1.54, 1.807) is 15.9 Å². The number of amides is 2. The Kier molecular flexibility index (Phi) is 7.78. The Morgan fingerprint density at radius 3 is 2.60 bits per heavy atom. The number of carbonyl (C=O) groups is 2. The summed E-state index contributed by atoms with van der Waals surface area (Å²) in [5, 5.41) is 7.21. The van der Waals surface area contributed by atoms with Crippen molar-refractivity contribution in [3.63, 3.8) is 0 Å². The van der Waals surface area contributed by atoms with Crippen LogP contribution in [-0.2, 0) is 22.4 Å². The number of anilines is 1. The highest BCUT2D eigenvalue weighted by Crippen LogP contribution is 2.35. The van der Waals surface area contributed by atoms with Crippen LogP contribution in [0.2, 0.25) is 0 Å². The summed E-state index contributed by atoms with van der Waals surface area (Å²) in [6.07, 6.45) is 6.27. The minimum atomic E-state index is -0.186. The number of thiazole rings is 1. The zero-order valence-electron chi connectivity index (χ0n) is 22.6. The van der Waals surface area contributed by atoms with Gasteiger partial charge in [-0.2, -0.15) is 0 Å². The molecule has 8 nitrogen and oxygen atoms in total. The van der Waals surface area contributed by atoms with E-state index in [1.165, 1.54) is 39.7 Å². The predicted octanol–water partition coefficient (Wildman–Crippen LogP) is 6.04.